The Kier molecular flexibility index (Phi) is 4.87. The maximum absolute atomic E-state index is 13.3. The maximum atomic E-state index is 13.3. The van der Waals surface area contributed by atoms with Crippen LogP contribution in [0.4, 0.5) is 0 Å². The summed E-state index contributed by atoms with van der Waals surface area (Å²) in [7, 11) is 0. The molecular formula is C22H28N4O3. The zero-order chi connectivity index (χ0) is 20.0. The molecule has 154 valence electrons. The molecule has 7 heteroatoms. The summed E-state index contributed by atoms with van der Waals surface area (Å²) in [4.78, 5) is 41.2. The van der Waals surface area contributed by atoms with Gasteiger partial charge < -0.3 is 10.2 Å². The molecule has 0 saturated carbocycles. The van der Waals surface area contributed by atoms with E-state index in [2.05, 4.69) is 21.6 Å². The van der Waals surface area contributed by atoms with Crippen molar-refractivity contribution in [2.75, 3.05) is 19.6 Å². The van der Waals surface area contributed by atoms with Gasteiger partial charge in [-0.2, -0.15) is 0 Å². The van der Waals surface area contributed by atoms with Crippen LogP contribution in [-0.4, -0.2) is 59.2 Å². The lowest BCUT2D eigenvalue weighted by Gasteiger charge is -2.30. The van der Waals surface area contributed by atoms with Crippen LogP contribution < -0.4 is 10.6 Å². The van der Waals surface area contributed by atoms with E-state index in [0.717, 1.165) is 42.9 Å². The van der Waals surface area contributed by atoms with Crippen molar-refractivity contribution in [3.8, 4) is 0 Å². The Morgan fingerprint density at radius 2 is 1.97 bits per heavy atom. The van der Waals surface area contributed by atoms with E-state index in [1.54, 1.807) is 4.90 Å². The lowest BCUT2D eigenvalue weighted by Crippen LogP contribution is -2.52. The molecule has 4 heterocycles. The fourth-order valence-corrected chi connectivity index (χ4v) is 5.45. The Morgan fingerprint density at radius 3 is 2.83 bits per heavy atom. The number of carbonyl (C=O) groups is 3. The Labute approximate surface area is 170 Å². The number of nitrogens with zero attached hydrogens (tertiary/aromatic N) is 2. The average molecular weight is 396 g/mol. The first-order chi connectivity index (χ1) is 14.1. The molecule has 1 aromatic carbocycles. The number of amides is 3. The van der Waals surface area contributed by atoms with Crippen LogP contribution in [0.5, 0.6) is 0 Å². The normalized spacial score (nSPS) is 30.1. The molecule has 0 aliphatic carbocycles. The standard InChI is InChI=1S/C22H28N4O3/c27-19-8-7-18(21(28)24-19)26-12-16-5-2-4-15(20(16)22(26)29)11-25-10-14-3-1-6-17(13-25)23-9-14/h2,4-5,14,17-18,23H,1,3,6-13H2,(H,24,27,28). The summed E-state index contributed by atoms with van der Waals surface area (Å²) in [6, 6.07) is 6.05. The maximum Gasteiger partial charge on any atom is 0.255 e. The summed E-state index contributed by atoms with van der Waals surface area (Å²) in [5.74, 6) is -0.0000305. The van der Waals surface area contributed by atoms with E-state index >= 15 is 0 Å². The molecule has 3 saturated heterocycles. The first-order valence-electron chi connectivity index (χ1n) is 10.8. The van der Waals surface area contributed by atoms with E-state index in [9.17, 15) is 14.4 Å². The first-order valence-corrected chi connectivity index (χ1v) is 10.8. The first kappa shape index (κ1) is 18.8. The summed E-state index contributed by atoms with van der Waals surface area (Å²) in [5, 5.41) is 6.07. The van der Waals surface area contributed by atoms with E-state index < -0.39 is 6.04 Å². The highest BCUT2D eigenvalue weighted by atomic mass is 16.2. The van der Waals surface area contributed by atoms with Gasteiger partial charge in [-0.15, -0.1) is 0 Å². The molecule has 3 unspecified atom stereocenters. The molecule has 5 rings (SSSR count). The van der Waals surface area contributed by atoms with Crippen molar-refractivity contribution in [3.05, 3.63) is 34.9 Å². The molecule has 2 N–H and O–H groups in total. The molecule has 3 atom stereocenters. The number of imide groups is 1. The smallest absolute Gasteiger partial charge is 0.255 e. The third-order valence-corrected chi connectivity index (χ3v) is 6.89. The number of hydrogen-bond acceptors (Lipinski definition) is 5. The lowest BCUT2D eigenvalue weighted by molar-refractivity contribution is -0.136. The third-order valence-electron chi connectivity index (χ3n) is 6.89. The minimum atomic E-state index is -0.554. The molecule has 0 radical (unpaired) electrons. The van der Waals surface area contributed by atoms with E-state index in [0.29, 0.717) is 24.9 Å². The minimum Gasteiger partial charge on any atom is -0.322 e. The second kappa shape index (κ2) is 7.54. The molecular weight excluding hydrogens is 368 g/mol. The van der Waals surface area contributed by atoms with Crippen molar-refractivity contribution in [2.45, 2.75) is 57.3 Å². The van der Waals surface area contributed by atoms with Gasteiger partial charge in [-0.25, -0.2) is 0 Å². The molecule has 3 fully saturated rings. The lowest BCUT2D eigenvalue weighted by atomic mass is 9.98. The van der Waals surface area contributed by atoms with E-state index in [1.807, 2.05) is 12.1 Å². The van der Waals surface area contributed by atoms with Gasteiger partial charge in [-0.05, 0) is 42.9 Å². The Morgan fingerprint density at radius 1 is 1.07 bits per heavy atom. The van der Waals surface area contributed by atoms with Gasteiger partial charge in [0.25, 0.3) is 5.91 Å². The number of benzene rings is 1. The van der Waals surface area contributed by atoms with E-state index in [-0.39, 0.29) is 24.1 Å². The van der Waals surface area contributed by atoms with Gasteiger partial charge in [0.15, 0.2) is 0 Å². The molecule has 1 aromatic rings. The van der Waals surface area contributed by atoms with Crippen molar-refractivity contribution in [2.24, 2.45) is 5.92 Å². The molecule has 3 amide bonds. The number of likely N-dealkylation sites (tertiary alicyclic amines) is 1. The van der Waals surface area contributed by atoms with Gasteiger partial charge in [0.1, 0.15) is 6.04 Å². The summed E-state index contributed by atoms with van der Waals surface area (Å²) in [6.07, 6.45) is 4.49. The molecule has 4 aliphatic rings. The van der Waals surface area contributed by atoms with Gasteiger partial charge in [-0.1, -0.05) is 24.6 Å². The van der Waals surface area contributed by atoms with Crippen molar-refractivity contribution in [1.82, 2.24) is 20.4 Å². The van der Waals surface area contributed by atoms with E-state index in [1.165, 1.54) is 19.3 Å². The zero-order valence-electron chi connectivity index (χ0n) is 16.7. The summed E-state index contributed by atoms with van der Waals surface area (Å²) in [6.45, 7) is 4.40. The molecule has 2 bridgehead atoms. The van der Waals surface area contributed by atoms with Crippen molar-refractivity contribution < 1.29 is 14.4 Å². The number of hydrogen-bond donors (Lipinski definition) is 2. The predicted molar refractivity (Wildman–Crippen MR) is 107 cm³/mol. The van der Waals surface area contributed by atoms with Crippen LogP contribution in [0.25, 0.3) is 0 Å². The Hall–Kier alpha value is -2.25. The van der Waals surface area contributed by atoms with Gasteiger partial charge in [0, 0.05) is 44.2 Å². The number of piperidine rings is 1. The van der Waals surface area contributed by atoms with Crippen molar-refractivity contribution in [3.63, 3.8) is 0 Å². The summed E-state index contributed by atoms with van der Waals surface area (Å²) < 4.78 is 0. The van der Waals surface area contributed by atoms with Gasteiger partial charge in [0.2, 0.25) is 11.8 Å². The molecule has 4 aliphatic heterocycles. The van der Waals surface area contributed by atoms with Crippen molar-refractivity contribution in [1.29, 1.82) is 0 Å². The van der Waals surface area contributed by atoms with Gasteiger partial charge in [0.05, 0.1) is 0 Å². The molecule has 29 heavy (non-hydrogen) atoms. The fourth-order valence-electron chi connectivity index (χ4n) is 5.45. The number of fused-ring (bicyclic) bond motifs is 4. The molecule has 0 aromatic heterocycles. The number of rotatable bonds is 3. The quantitative estimate of drug-likeness (QED) is 0.746. The summed E-state index contributed by atoms with van der Waals surface area (Å²) >= 11 is 0. The van der Waals surface area contributed by atoms with Crippen LogP contribution in [0.1, 0.15) is 53.6 Å². The van der Waals surface area contributed by atoms with Gasteiger partial charge >= 0.3 is 0 Å². The highest BCUT2D eigenvalue weighted by Gasteiger charge is 2.40. The largest absolute Gasteiger partial charge is 0.322 e. The Balaban J connectivity index is 1.36. The van der Waals surface area contributed by atoms with Crippen LogP contribution in [0.2, 0.25) is 0 Å². The van der Waals surface area contributed by atoms with Crippen LogP contribution in [0.15, 0.2) is 18.2 Å². The minimum absolute atomic E-state index is 0.0711. The molecule has 0 spiro atoms. The van der Waals surface area contributed by atoms with Crippen LogP contribution in [0, 0.1) is 5.92 Å². The SMILES string of the molecule is O=C1CCC(N2Cc3cccc(CN4CC5CCCC(C4)NC5)c3C2=O)C(=O)N1. The zero-order valence-corrected chi connectivity index (χ0v) is 16.7. The van der Waals surface area contributed by atoms with Crippen LogP contribution >= 0.6 is 0 Å². The Bertz CT molecular complexity index is 840. The highest BCUT2D eigenvalue weighted by Crippen LogP contribution is 2.31. The van der Waals surface area contributed by atoms with Gasteiger partial charge in [-0.3, -0.25) is 24.6 Å². The van der Waals surface area contributed by atoms with Crippen LogP contribution in [0.3, 0.4) is 0 Å². The highest BCUT2D eigenvalue weighted by molar-refractivity contribution is 6.05. The fraction of sp³-hybridized carbons (Fsp3) is 0.591. The monoisotopic (exact) mass is 396 g/mol. The topological polar surface area (TPSA) is 81.8 Å². The number of nitrogens with one attached hydrogen (secondary N) is 2. The second-order valence-corrected chi connectivity index (χ2v) is 8.95. The number of carbonyl (C=O) groups excluding carboxylic acids is 3. The van der Waals surface area contributed by atoms with Crippen molar-refractivity contribution >= 4 is 17.7 Å². The third kappa shape index (κ3) is 3.57. The van der Waals surface area contributed by atoms with E-state index in [4.69, 9.17) is 0 Å². The second-order valence-electron chi connectivity index (χ2n) is 8.95. The van der Waals surface area contributed by atoms with Crippen LogP contribution in [-0.2, 0) is 22.7 Å². The molecule has 7 nitrogen and oxygen atoms in total. The summed E-state index contributed by atoms with van der Waals surface area (Å²) in [5.41, 5.74) is 2.81. The average Bonchev–Trinajstić information content (AvgIpc) is 2.83. The predicted octanol–water partition coefficient (Wildman–Crippen LogP) is 1.02.